The van der Waals surface area contributed by atoms with Crippen LogP contribution in [0.25, 0.3) is 16.8 Å². The average molecular weight is 447 g/mol. The molecule has 0 saturated heterocycles. The maximum absolute atomic E-state index is 8.54. The van der Waals surface area contributed by atoms with Gasteiger partial charge >= 0.3 is 28.8 Å². The van der Waals surface area contributed by atoms with Crippen LogP contribution < -0.4 is 10.5 Å². The molecule has 0 bridgehead atoms. The molecule has 0 spiro atoms. The van der Waals surface area contributed by atoms with E-state index in [0.717, 1.165) is 11.4 Å². The molecule has 155 valence electrons. The smallest absolute Gasteiger partial charge is 0.870 e. The molecule has 1 radical (unpaired) electrons. The Morgan fingerprint density at radius 2 is 1.66 bits per heavy atom. The number of primary amides is 1. The maximum Gasteiger partial charge on any atom is 2.00 e. The van der Waals surface area contributed by atoms with Crippen LogP contribution in [0.5, 0.6) is 11.5 Å². The number of aromatic nitrogens is 2. The van der Waals surface area contributed by atoms with E-state index in [1.807, 2.05) is 36.4 Å². The van der Waals surface area contributed by atoms with Crippen molar-refractivity contribution >= 4 is 12.2 Å². The summed E-state index contributed by atoms with van der Waals surface area (Å²) >= 11 is 0. The van der Waals surface area contributed by atoms with Crippen LogP contribution in [0, 0.1) is 0 Å². The number of ether oxygens (including phenoxy) is 1. The zero-order valence-electron chi connectivity index (χ0n) is 15.4. The molecule has 1 aromatic carbocycles. The van der Waals surface area contributed by atoms with E-state index in [1.165, 1.54) is 13.3 Å². The van der Waals surface area contributed by atoms with Crippen LogP contribution in [0.4, 0.5) is 0 Å². The summed E-state index contributed by atoms with van der Waals surface area (Å²) in [4.78, 5) is 16.9. The number of nitrogens with two attached hydrogens (primary N) is 1. The molecule has 0 fully saturated rings. The van der Waals surface area contributed by atoms with E-state index in [0.29, 0.717) is 11.3 Å². The first-order valence-corrected chi connectivity index (χ1v) is 7.88. The quantitative estimate of drug-likeness (QED) is 0.281. The molecule has 2 amide bonds. The van der Waals surface area contributed by atoms with Crippen molar-refractivity contribution in [2.24, 2.45) is 10.8 Å². The summed E-state index contributed by atoms with van der Waals surface area (Å²) in [7, 11) is 1.48. The van der Waals surface area contributed by atoms with Gasteiger partial charge in [0.2, 0.25) is 5.75 Å². The molecule has 3 rings (SSSR count). The first-order valence-electron chi connectivity index (χ1n) is 7.88. The van der Waals surface area contributed by atoms with Crippen LogP contribution in [0.2, 0.25) is 0 Å². The zero-order chi connectivity index (χ0) is 19.5. The van der Waals surface area contributed by atoms with Gasteiger partial charge in [0, 0.05) is 18.6 Å². The number of hydrogen-bond donors (Lipinski definition) is 1. The van der Waals surface area contributed by atoms with E-state index < -0.39 is 6.03 Å². The standard InChI is InChI=1S/C10H8N2.C9H11N3O3.Cu.H2O/c1-3-7-11-9(5-1)10-6-2-4-8-12-10;1-15-7-4-2-3-6(8(7)13)5-11-12-9(10)14;;/h1-8H;2-5H,1H3,(H4,10,11,12,13,14);;1H2/q;;+2;. The molecule has 2 heterocycles. The second-order valence-electron chi connectivity index (χ2n) is 5.06. The van der Waals surface area contributed by atoms with Crippen LogP contribution in [-0.2, 0) is 17.1 Å². The summed E-state index contributed by atoms with van der Waals surface area (Å²) in [5.41, 5.74) is 10.4. The zero-order valence-corrected chi connectivity index (χ0v) is 16.3. The van der Waals surface area contributed by atoms with Gasteiger partial charge in [-0.2, -0.15) is 0 Å². The van der Waals surface area contributed by atoms with Gasteiger partial charge in [-0.15, -0.1) is 0 Å². The van der Waals surface area contributed by atoms with Gasteiger partial charge in [-0.1, -0.05) is 18.2 Å². The molecule has 3 aromatic rings. The van der Waals surface area contributed by atoms with Gasteiger partial charge in [-0.25, -0.2) is 0 Å². The minimum absolute atomic E-state index is 0. The normalized spacial score (nSPS) is 9.28. The predicted molar refractivity (Wildman–Crippen MR) is 108 cm³/mol. The van der Waals surface area contributed by atoms with E-state index in [-0.39, 0.29) is 28.3 Å². The Bertz CT molecular complexity index is 858. The fraction of sp³-hybridized carbons (Fsp3) is 0.0526. The summed E-state index contributed by atoms with van der Waals surface area (Å²) < 4.78 is 4.95. The largest absolute Gasteiger partial charge is 2.00 e. The minimum Gasteiger partial charge on any atom is -0.870 e. The molecular formula is C19H21CuN5O4+2. The van der Waals surface area contributed by atoms with E-state index >= 15 is 0 Å². The summed E-state index contributed by atoms with van der Waals surface area (Å²) in [5, 5.41) is 11.2. The molecule has 0 unspecified atom stereocenters. The van der Waals surface area contributed by atoms with Crippen LogP contribution >= 0.6 is 0 Å². The van der Waals surface area contributed by atoms with Crippen molar-refractivity contribution in [1.82, 2.24) is 9.97 Å². The maximum atomic E-state index is 8.54. The van der Waals surface area contributed by atoms with Crippen molar-refractivity contribution in [3.63, 3.8) is 0 Å². The van der Waals surface area contributed by atoms with Crippen molar-refractivity contribution in [1.29, 1.82) is 0 Å². The molecule has 0 aliphatic carbocycles. The Morgan fingerprint density at radius 1 is 1.07 bits per heavy atom. The Hall–Kier alpha value is -3.46. The predicted octanol–water partition coefficient (Wildman–Crippen LogP) is 2.22. The molecule has 6 N–H and O–H groups in total. The Kier molecular flexibility index (Phi) is 12.0. The van der Waals surface area contributed by atoms with Crippen molar-refractivity contribution in [3.8, 4) is 22.9 Å². The second kappa shape index (κ2) is 13.7. The number of benzene rings is 1. The second-order valence-corrected chi connectivity index (χ2v) is 5.06. The van der Waals surface area contributed by atoms with Gasteiger partial charge in [-0.3, -0.25) is 25.3 Å². The van der Waals surface area contributed by atoms with Gasteiger partial charge in [0.25, 0.3) is 0 Å². The van der Waals surface area contributed by atoms with E-state index in [2.05, 4.69) is 20.5 Å². The average Bonchev–Trinajstić information content (AvgIpc) is 2.71. The summed E-state index contributed by atoms with van der Waals surface area (Å²) in [5.74, 6) is 0.648. The molecule has 0 aliphatic rings. The van der Waals surface area contributed by atoms with Crippen molar-refractivity contribution in [2.75, 3.05) is 7.11 Å². The number of rotatable bonds is 4. The number of methoxy groups -OCH3 is 1. The van der Waals surface area contributed by atoms with Crippen LogP contribution in [0.1, 0.15) is 5.56 Å². The molecule has 0 saturated carbocycles. The van der Waals surface area contributed by atoms with Crippen LogP contribution in [0.15, 0.2) is 72.1 Å². The molecule has 2 aromatic heterocycles. The number of amides is 2. The molecule has 0 atom stereocenters. The summed E-state index contributed by atoms with van der Waals surface area (Å²) in [6, 6.07) is 16.0. The SMILES string of the molecule is COc1cccc(C=N[N-]C(N)=[OH+])c1[OH2+].[Cu+2].[OH-].c1ccc(-c2ccccn2)nc1. The Labute approximate surface area is 178 Å². The van der Waals surface area contributed by atoms with Gasteiger partial charge in [0.05, 0.1) is 24.1 Å². The van der Waals surface area contributed by atoms with Gasteiger partial charge < -0.3 is 21.1 Å². The number of urea groups is 1. The van der Waals surface area contributed by atoms with Gasteiger partial charge in [0.15, 0.2) is 0 Å². The first-order chi connectivity index (χ1) is 13.1. The van der Waals surface area contributed by atoms with Crippen LogP contribution in [0.3, 0.4) is 0 Å². The first kappa shape index (κ1) is 25.5. The molecule has 29 heavy (non-hydrogen) atoms. The number of hydrogen-bond acceptors (Lipinski definition) is 5. The topological polar surface area (TPSA) is 162 Å². The molecule has 0 aliphatic heterocycles. The van der Waals surface area contributed by atoms with Gasteiger partial charge in [0.1, 0.15) is 0 Å². The molecular weight excluding hydrogens is 426 g/mol. The van der Waals surface area contributed by atoms with Crippen molar-refractivity contribution in [3.05, 3.63) is 78.0 Å². The fourth-order valence-corrected chi connectivity index (χ4v) is 2.00. The number of carbonyl (C=O) groups excluding carboxylic acids is 1. The van der Waals surface area contributed by atoms with Crippen molar-refractivity contribution < 1.29 is 37.2 Å². The third kappa shape index (κ3) is 8.39. The molecule has 9 nitrogen and oxygen atoms in total. The summed E-state index contributed by atoms with van der Waals surface area (Å²) in [6.07, 6.45) is 4.85. The third-order valence-corrected chi connectivity index (χ3v) is 3.23. The van der Waals surface area contributed by atoms with Gasteiger partial charge in [-0.05, 0) is 36.4 Å². The fourth-order valence-electron chi connectivity index (χ4n) is 2.00. The summed E-state index contributed by atoms with van der Waals surface area (Å²) in [6.45, 7) is 0. The minimum atomic E-state index is -0.624. The molecule has 10 heteroatoms. The third-order valence-electron chi connectivity index (χ3n) is 3.23. The number of pyridine rings is 2. The Morgan fingerprint density at radius 3 is 2.10 bits per heavy atom. The number of nitrogens with zero attached hydrogens (tertiary/aromatic N) is 4. The monoisotopic (exact) mass is 446 g/mol. The Balaban J connectivity index is 0.000000514. The van der Waals surface area contributed by atoms with E-state index in [9.17, 15) is 0 Å². The number of para-hydroxylation sites is 1. The van der Waals surface area contributed by atoms with Crippen LogP contribution in [-0.4, -0.2) is 44.7 Å². The van der Waals surface area contributed by atoms with E-state index in [4.69, 9.17) is 20.4 Å². The van der Waals surface area contributed by atoms with E-state index in [1.54, 1.807) is 30.6 Å². The van der Waals surface area contributed by atoms with Crippen molar-refractivity contribution in [2.45, 2.75) is 0 Å².